The van der Waals surface area contributed by atoms with Gasteiger partial charge in [-0.25, -0.2) is 0 Å². The van der Waals surface area contributed by atoms with Crippen LogP contribution in [0.5, 0.6) is 0 Å². The van der Waals surface area contributed by atoms with E-state index in [1.165, 1.54) is 5.56 Å². The molecule has 0 saturated heterocycles. The van der Waals surface area contributed by atoms with Gasteiger partial charge in [-0.2, -0.15) is 0 Å². The molecule has 4 rings (SSSR count). The van der Waals surface area contributed by atoms with Crippen LogP contribution in [0.2, 0.25) is 0 Å². The molecule has 2 aromatic heterocycles. The standard InChI is InChI=1S/C23H19NO/c1-16-6-10-18(11-7-16)21-15-20-5-3-4-14-24(20)22(21)23(25)19-12-8-17(2)9-13-19/h3-15H,1-2H3. The highest BCUT2D eigenvalue weighted by Gasteiger charge is 2.20. The predicted octanol–water partition coefficient (Wildman–Crippen LogP) is 5.45. The number of aryl methyl sites for hydroxylation is 2. The maximum atomic E-state index is 13.3. The molecule has 122 valence electrons. The van der Waals surface area contributed by atoms with Crippen molar-refractivity contribution in [2.24, 2.45) is 0 Å². The predicted molar refractivity (Wildman–Crippen MR) is 102 cm³/mol. The first-order valence-corrected chi connectivity index (χ1v) is 8.42. The van der Waals surface area contributed by atoms with Gasteiger partial charge in [-0.05, 0) is 37.6 Å². The summed E-state index contributed by atoms with van der Waals surface area (Å²) < 4.78 is 1.98. The summed E-state index contributed by atoms with van der Waals surface area (Å²) in [5, 5.41) is 0. The van der Waals surface area contributed by atoms with E-state index in [9.17, 15) is 4.79 Å². The Labute approximate surface area is 147 Å². The molecule has 0 N–H and O–H groups in total. The van der Waals surface area contributed by atoms with Gasteiger partial charge in [0.15, 0.2) is 0 Å². The lowest BCUT2D eigenvalue weighted by molar-refractivity contribution is 0.103. The summed E-state index contributed by atoms with van der Waals surface area (Å²) in [6, 6.07) is 24.2. The number of carbonyl (C=O) groups is 1. The van der Waals surface area contributed by atoms with Crippen LogP contribution in [-0.4, -0.2) is 10.2 Å². The maximum absolute atomic E-state index is 13.3. The summed E-state index contributed by atoms with van der Waals surface area (Å²) in [6.45, 7) is 4.09. The van der Waals surface area contributed by atoms with E-state index >= 15 is 0 Å². The number of fused-ring (bicyclic) bond motifs is 1. The highest BCUT2D eigenvalue weighted by Crippen LogP contribution is 2.30. The zero-order valence-electron chi connectivity index (χ0n) is 14.4. The van der Waals surface area contributed by atoms with Crippen LogP contribution in [0.25, 0.3) is 16.6 Å². The first-order chi connectivity index (χ1) is 12.1. The second-order valence-electron chi connectivity index (χ2n) is 6.46. The minimum absolute atomic E-state index is 0.0433. The molecule has 0 spiro atoms. The van der Waals surface area contributed by atoms with Gasteiger partial charge >= 0.3 is 0 Å². The Morgan fingerprint density at radius 2 is 1.44 bits per heavy atom. The van der Waals surface area contributed by atoms with Gasteiger partial charge in [0.25, 0.3) is 0 Å². The van der Waals surface area contributed by atoms with Crippen molar-refractivity contribution >= 4 is 11.3 Å². The average Bonchev–Trinajstić information content (AvgIpc) is 3.02. The van der Waals surface area contributed by atoms with Crippen LogP contribution in [0.15, 0.2) is 79.0 Å². The van der Waals surface area contributed by atoms with Crippen LogP contribution in [0.1, 0.15) is 27.2 Å². The van der Waals surface area contributed by atoms with Crippen molar-refractivity contribution < 1.29 is 4.79 Å². The van der Waals surface area contributed by atoms with Crippen LogP contribution in [0.4, 0.5) is 0 Å². The second kappa shape index (κ2) is 6.06. The molecule has 2 nitrogen and oxygen atoms in total. The Morgan fingerprint density at radius 1 is 0.800 bits per heavy atom. The van der Waals surface area contributed by atoms with Crippen molar-refractivity contribution in [2.45, 2.75) is 13.8 Å². The van der Waals surface area contributed by atoms with Crippen LogP contribution in [0.3, 0.4) is 0 Å². The fourth-order valence-electron chi connectivity index (χ4n) is 3.15. The average molecular weight is 325 g/mol. The summed E-state index contributed by atoms with van der Waals surface area (Å²) in [6.07, 6.45) is 1.95. The Morgan fingerprint density at radius 3 is 2.12 bits per heavy atom. The minimum atomic E-state index is 0.0433. The van der Waals surface area contributed by atoms with Crippen molar-refractivity contribution in [1.82, 2.24) is 4.40 Å². The molecule has 0 atom stereocenters. The third-order valence-corrected chi connectivity index (χ3v) is 4.57. The number of aromatic nitrogens is 1. The van der Waals surface area contributed by atoms with Crippen molar-refractivity contribution in [1.29, 1.82) is 0 Å². The van der Waals surface area contributed by atoms with Gasteiger partial charge in [0.1, 0.15) is 5.69 Å². The molecule has 4 aromatic rings. The van der Waals surface area contributed by atoms with Crippen LogP contribution < -0.4 is 0 Å². The molecule has 0 radical (unpaired) electrons. The first kappa shape index (κ1) is 15.4. The molecule has 2 heteroatoms. The molecular weight excluding hydrogens is 306 g/mol. The fourth-order valence-corrected chi connectivity index (χ4v) is 3.15. The van der Waals surface area contributed by atoms with Gasteiger partial charge in [-0.3, -0.25) is 4.79 Å². The zero-order chi connectivity index (χ0) is 17.4. The van der Waals surface area contributed by atoms with Crippen LogP contribution in [-0.2, 0) is 0 Å². The first-order valence-electron chi connectivity index (χ1n) is 8.42. The normalized spacial score (nSPS) is 11.0. The summed E-state index contributed by atoms with van der Waals surface area (Å²) in [5.41, 5.74) is 6.83. The lowest BCUT2D eigenvalue weighted by Crippen LogP contribution is -2.06. The summed E-state index contributed by atoms with van der Waals surface area (Å²) >= 11 is 0. The van der Waals surface area contributed by atoms with E-state index in [0.29, 0.717) is 11.3 Å². The molecule has 0 aliphatic carbocycles. The fraction of sp³-hybridized carbons (Fsp3) is 0.0870. The van der Waals surface area contributed by atoms with E-state index in [1.54, 1.807) is 0 Å². The minimum Gasteiger partial charge on any atom is -0.313 e. The number of ketones is 1. The Kier molecular flexibility index (Phi) is 3.73. The monoisotopic (exact) mass is 325 g/mol. The molecular formula is C23H19NO. The molecule has 25 heavy (non-hydrogen) atoms. The largest absolute Gasteiger partial charge is 0.313 e. The van der Waals surface area contributed by atoms with E-state index in [1.807, 2.05) is 60.0 Å². The van der Waals surface area contributed by atoms with E-state index in [0.717, 1.165) is 22.2 Å². The Balaban J connectivity index is 1.94. The third kappa shape index (κ3) is 2.76. The molecule has 0 amide bonds. The van der Waals surface area contributed by atoms with Gasteiger partial charge in [-0.15, -0.1) is 0 Å². The molecule has 0 aliphatic rings. The highest BCUT2D eigenvalue weighted by molar-refractivity contribution is 6.12. The third-order valence-electron chi connectivity index (χ3n) is 4.57. The smallest absolute Gasteiger partial charge is 0.210 e. The quantitative estimate of drug-likeness (QED) is 0.459. The van der Waals surface area contributed by atoms with Gasteiger partial charge in [0, 0.05) is 22.8 Å². The van der Waals surface area contributed by atoms with E-state index in [4.69, 9.17) is 0 Å². The van der Waals surface area contributed by atoms with Gasteiger partial charge in [0.05, 0.1) is 0 Å². The van der Waals surface area contributed by atoms with Crippen LogP contribution in [0, 0.1) is 13.8 Å². The zero-order valence-corrected chi connectivity index (χ0v) is 14.4. The number of pyridine rings is 1. The van der Waals surface area contributed by atoms with Crippen molar-refractivity contribution in [3.63, 3.8) is 0 Å². The van der Waals surface area contributed by atoms with Crippen LogP contribution >= 0.6 is 0 Å². The highest BCUT2D eigenvalue weighted by atomic mass is 16.1. The van der Waals surface area contributed by atoms with Gasteiger partial charge < -0.3 is 4.40 Å². The summed E-state index contributed by atoms with van der Waals surface area (Å²) in [7, 11) is 0. The summed E-state index contributed by atoms with van der Waals surface area (Å²) in [4.78, 5) is 13.3. The van der Waals surface area contributed by atoms with E-state index in [-0.39, 0.29) is 5.78 Å². The Bertz CT molecular complexity index is 1050. The number of hydrogen-bond acceptors (Lipinski definition) is 1. The number of carbonyl (C=O) groups excluding carboxylic acids is 1. The lowest BCUT2D eigenvalue weighted by Gasteiger charge is -2.07. The van der Waals surface area contributed by atoms with E-state index in [2.05, 4.69) is 37.3 Å². The number of hydrogen-bond donors (Lipinski definition) is 0. The Hall–Kier alpha value is -3.13. The van der Waals surface area contributed by atoms with Crippen molar-refractivity contribution in [3.05, 3.63) is 101 Å². The second-order valence-corrected chi connectivity index (χ2v) is 6.46. The molecule has 0 aliphatic heterocycles. The molecule has 2 heterocycles. The molecule has 0 unspecified atom stereocenters. The van der Waals surface area contributed by atoms with Crippen molar-refractivity contribution in [2.75, 3.05) is 0 Å². The maximum Gasteiger partial charge on any atom is 0.210 e. The molecule has 0 saturated carbocycles. The molecule has 2 aromatic carbocycles. The van der Waals surface area contributed by atoms with Crippen molar-refractivity contribution in [3.8, 4) is 11.1 Å². The van der Waals surface area contributed by atoms with Gasteiger partial charge in [-0.1, -0.05) is 65.7 Å². The number of nitrogens with zero attached hydrogens (tertiary/aromatic N) is 1. The topological polar surface area (TPSA) is 21.5 Å². The van der Waals surface area contributed by atoms with E-state index < -0.39 is 0 Å². The molecule has 0 bridgehead atoms. The lowest BCUT2D eigenvalue weighted by atomic mass is 9.99. The number of rotatable bonds is 3. The number of benzene rings is 2. The summed E-state index contributed by atoms with van der Waals surface area (Å²) in [5.74, 6) is 0.0433. The van der Waals surface area contributed by atoms with Gasteiger partial charge in [0.2, 0.25) is 5.78 Å². The SMILES string of the molecule is Cc1ccc(C(=O)c2c(-c3ccc(C)cc3)cc3ccccn23)cc1. The molecule has 0 fully saturated rings.